The molecule has 0 fully saturated rings. The van der Waals surface area contributed by atoms with E-state index in [1.165, 1.54) is 0 Å². The number of carbonyl (C=O) groups excluding carboxylic acids is 1. The van der Waals surface area contributed by atoms with Crippen molar-refractivity contribution in [2.24, 2.45) is 0 Å². The molecule has 1 aromatic rings. The second-order valence-electron chi connectivity index (χ2n) is 2.67. The van der Waals surface area contributed by atoms with Gasteiger partial charge in [0.2, 0.25) is 0 Å². The maximum Gasteiger partial charge on any atom is 0.313 e. The number of aliphatic carboxylic acids is 1. The molecule has 0 radical (unpaired) electrons. The molecule has 0 aromatic heterocycles. The standard InChI is InChI=1S/C10H10O3S/c11-6-9(14-7-10(12)13)8-4-2-1-3-5-8/h1-6,9H,7H2,(H,12,13). The van der Waals surface area contributed by atoms with Gasteiger partial charge in [-0.1, -0.05) is 30.3 Å². The first kappa shape index (κ1) is 10.8. The zero-order valence-corrected chi connectivity index (χ0v) is 8.24. The van der Waals surface area contributed by atoms with E-state index in [1.54, 1.807) is 0 Å². The molecule has 3 nitrogen and oxygen atoms in total. The number of hydrogen-bond donors (Lipinski definition) is 1. The van der Waals surface area contributed by atoms with Crippen LogP contribution in [0.4, 0.5) is 0 Å². The highest BCUT2D eigenvalue weighted by atomic mass is 32.2. The monoisotopic (exact) mass is 210 g/mol. The second kappa shape index (κ2) is 5.44. The molecule has 1 atom stereocenters. The molecule has 1 aromatic carbocycles. The first-order valence-electron chi connectivity index (χ1n) is 4.07. The summed E-state index contributed by atoms with van der Waals surface area (Å²) in [6.07, 6.45) is 0.767. The van der Waals surface area contributed by atoms with Crippen molar-refractivity contribution in [3.8, 4) is 0 Å². The van der Waals surface area contributed by atoms with E-state index in [4.69, 9.17) is 5.11 Å². The maximum absolute atomic E-state index is 10.7. The highest BCUT2D eigenvalue weighted by Crippen LogP contribution is 2.25. The Balaban J connectivity index is 2.63. The fourth-order valence-corrected chi connectivity index (χ4v) is 1.77. The number of rotatable bonds is 5. The Kier molecular flexibility index (Phi) is 4.19. The lowest BCUT2D eigenvalue weighted by Crippen LogP contribution is -2.03. The van der Waals surface area contributed by atoms with E-state index in [9.17, 15) is 9.59 Å². The van der Waals surface area contributed by atoms with E-state index in [-0.39, 0.29) is 11.0 Å². The minimum atomic E-state index is -0.905. The lowest BCUT2D eigenvalue weighted by molar-refractivity contribution is -0.133. The van der Waals surface area contributed by atoms with E-state index in [1.807, 2.05) is 30.3 Å². The molecule has 0 amide bonds. The molecular weight excluding hydrogens is 200 g/mol. The van der Waals surface area contributed by atoms with Crippen LogP contribution in [-0.4, -0.2) is 23.1 Å². The van der Waals surface area contributed by atoms with Crippen LogP contribution in [-0.2, 0) is 9.59 Å². The van der Waals surface area contributed by atoms with Crippen molar-refractivity contribution in [3.05, 3.63) is 35.9 Å². The van der Waals surface area contributed by atoms with Gasteiger partial charge in [0.15, 0.2) is 0 Å². The lowest BCUT2D eigenvalue weighted by Gasteiger charge is -2.07. The molecule has 14 heavy (non-hydrogen) atoms. The summed E-state index contributed by atoms with van der Waals surface area (Å²) in [4.78, 5) is 21.0. The third kappa shape index (κ3) is 3.22. The number of hydrogen-bond acceptors (Lipinski definition) is 3. The van der Waals surface area contributed by atoms with Crippen LogP contribution in [0.2, 0.25) is 0 Å². The minimum Gasteiger partial charge on any atom is -0.481 e. The van der Waals surface area contributed by atoms with Crippen molar-refractivity contribution in [1.82, 2.24) is 0 Å². The summed E-state index contributed by atoms with van der Waals surface area (Å²) in [5.74, 6) is -0.962. The fourth-order valence-electron chi connectivity index (χ4n) is 1.02. The van der Waals surface area contributed by atoms with Gasteiger partial charge in [0.25, 0.3) is 0 Å². The quantitative estimate of drug-likeness (QED) is 0.752. The van der Waals surface area contributed by atoms with Crippen LogP contribution < -0.4 is 0 Å². The number of benzene rings is 1. The molecule has 0 aliphatic heterocycles. The van der Waals surface area contributed by atoms with E-state index < -0.39 is 5.97 Å². The third-order valence-electron chi connectivity index (χ3n) is 1.64. The van der Waals surface area contributed by atoms with Crippen molar-refractivity contribution >= 4 is 24.0 Å². The average molecular weight is 210 g/mol. The van der Waals surface area contributed by atoms with Gasteiger partial charge in [-0.25, -0.2) is 0 Å². The van der Waals surface area contributed by atoms with Gasteiger partial charge in [-0.2, -0.15) is 0 Å². The van der Waals surface area contributed by atoms with Crippen molar-refractivity contribution < 1.29 is 14.7 Å². The molecule has 0 saturated carbocycles. The van der Waals surface area contributed by atoms with Gasteiger partial charge < -0.3 is 9.90 Å². The Hall–Kier alpha value is -1.29. The normalized spacial score (nSPS) is 12.0. The lowest BCUT2D eigenvalue weighted by atomic mass is 10.2. The first-order valence-corrected chi connectivity index (χ1v) is 5.12. The zero-order chi connectivity index (χ0) is 10.4. The summed E-state index contributed by atoms with van der Waals surface area (Å²) >= 11 is 1.12. The number of carboxylic acids is 1. The zero-order valence-electron chi connectivity index (χ0n) is 7.42. The van der Waals surface area contributed by atoms with E-state index in [0.29, 0.717) is 0 Å². The highest BCUT2D eigenvalue weighted by Gasteiger charge is 2.11. The Morgan fingerprint density at radius 1 is 1.43 bits per heavy atom. The molecule has 0 aliphatic carbocycles. The van der Waals surface area contributed by atoms with Crippen molar-refractivity contribution in [2.45, 2.75) is 5.25 Å². The summed E-state index contributed by atoms with van der Waals surface area (Å²) in [7, 11) is 0. The van der Waals surface area contributed by atoms with E-state index >= 15 is 0 Å². The van der Waals surface area contributed by atoms with Gasteiger partial charge in [-0.15, -0.1) is 11.8 Å². The van der Waals surface area contributed by atoms with E-state index in [0.717, 1.165) is 23.6 Å². The highest BCUT2D eigenvalue weighted by molar-refractivity contribution is 8.00. The van der Waals surface area contributed by atoms with Crippen molar-refractivity contribution in [3.63, 3.8) is 0 Å². The summed E-state index contributed by atoms with van der Waals surface area (Å²) in [5.41, 5.74) is 0.841. The smallest absolute Gasteiger partial charge is 0.313 e. The number of thioether (sulfide) groups is 1. The number of aldehydes is 1. The van der Waals surface area contributed by atoms with Crippen LogP contribution in [0.1, 0.15) is 10.8 Å². The molecule has 0 heterocycles. The van der Waals surface area contributed by atoms with Crippen molar-refractivity contribution in [2.75, 3.05) is 5.75 Å². The van der Waals surface area contributed by atoms with Crippen LogP contribution in [0.15, 0.2) is 30.3 Å². The molecule has 1 N–H and O–H groups in total. The molecular formula is C10H10O3S. The van der Waals surface area contributed by atoms with Gasteiger partial charge in [0, 0.05) is 0 Å². The summed E-state index contributed by atoms with van der Waals surface area (Å²) in [6, 6.07) is 9.13. The Labute approximate surface area is 86.1 Å². The van der Waals surface area contributed by atoms with Crippen molar-refractivity contribution in [1.29, 1.82) is 0 Å². The summed E-state index contributed by atoms with van der Waals surface area (Å²) in [6.45, 7) is 0. The van der Waals surface area contributed by atoms with Crippen LogP contribution in [0.25, 0.3) is 0 Å². The molecule has 0 bridgehead atoms. The molecule has 1 rings (SSSR count). The largest absolute Gasteiger partial charge is 0.481 e. The predicted octanol–water partition coefficient (Wildman–Crippen LogP) is 1.74. The Morgan fingerprint density at radius 2 is 2.07 bits per heavy atom. The van der Waals surface area contributed by atoms with Gasteiger partial charge in [0.1, 0.15) is 6.29 Å². The molecule has 0 saturated heterocycles. The van der Waals surface area contributed by atoms with Crippen LogP contribution >= 0.6 is 11.8 Å². The fraction of sp³-hybridized carbons (Fsp3) is 0.200. The first-order chi connectivity index (χ1) is 6.74. The van der Waals surface area contributed by atoms with E-state index in [2.05, 4.69) is 0 Å². The van der Waals surface area contributed by atoms with Crippen LogP contribution in [0.3, 0.4) is 0 Å². The third-order valence-corrected chi connectivity index (χ3v) is 2.79. The van der Waals surface area contributed by atoms with Gasteiger partial charge >= 0.3 is 5.97 Å². The Bertz CT molecular complexity index is 310. The average Bonchev–Trinajstić information content (AvgIpc) is 2.20. The Morgan fingerprint density at radius 3 is 2.57 bits per heavy atom. The SMILES string of the molecule is O=CC(SCC(=O)O)c1ccccc1. The van der Waals surface area contributed by atoms with Crippen LogP contribution in [0, 0.1) is 0 Å². The predicted molar refractivity (Wildman–Crippen MR) is 55.3 cm³/mol. The maximum atomic E-state index is 10.7. The topological polar surface area (TPSA) is 54.4 Å². The molecule has 0 aliphatic rings. The molecule has 4 heteroatoms. The summed E-state index contributed by atoms with van der Waals surface area (Å²) < 4.78 is 0. The van der Waals surface area contributed by atoms with Crippen LogP contribution in [0.5, 0.6) is 0 Å². The van der Waals surface area contributed by atoms with Gasteiger partial charge in [-0.05, 0) is 5.56 Å². The second-order valence-corrected chi connectivity index (χ2v) is 3.80. The summed E-state index contributed by atoms with van der Waals surface area (Å²) in [5, 5.41) is 8.09. The van der Waals surface area contributed by atoms with Gasteiger partial charge in [0.05, 0.1) is 11.0 Å². The molecule has 74 valence electrons. The minimum absolute atomic E-state index is 0.0572. The molecule has 1 unspecified atom stereocenters. The van der Waals surface area contributed by atoms with Gasteiger partial charge in [-0.3, -0.25) is 4.79 Å². The number of carboxylic acid groups (broad SMARTS) is 1. The molecule has 0 spiro atoms. The number of carbonyl (C=O) groups is 2.